The van der Waals surface area contributed by atoms with Crippen LogP contribution in [-0.2, 0) is 0 Å². The van der Waals surface area contributed by atoms with Crippen LogP contribution in [0.4, 0.5) is 4.39 Å². The third kappa shape index (κ3) is 3.14. The summed E-state index contributed by atoms with van der Waals surface area (Å²) >= 11 is 0. The molecule has 1 aromatic carbocycles. The minimum absolute atomic E-state index is 0.0249. The van der Waals surface area contributed by atoms with E-state index in [1.807, 2.05) is 20.8 Å². The van der Waals surface area contributed by atoms with Gasteiger partial charge in [0.25, 0.3) is 0 Å². The molecule has 0 aliphatic carbocycles. The molecule has 1 atom stereocenters. The molecular formula is C13H18FNO. The first kappa shape index (κ1) is 12.8. The zero-order valence-electron chi connectivity index (χ0n) is 9.96. The normalized spacial score (nSPS) is 12.8. The molecule has 0 amide bonds. The van der Waals surface area contributed by atoms with Crippen LogP contribution in [0, 0.1) is 11.7 Å². The molecule has 0 radical (unpaired) electrons. The number of halogens is 1. The lowest BCUT2D eigenvalue weighted by Crippen LogP contribution is -2.40. The number of rotatable bonds is 5. The largest absolute Gasteiger partial charge is 0.307 e. The summed E-state index contributed by atoms with van der Waals surface area (Å²) in [5, 5.41) is 3.15. The molecule has 1 unspecified atom stereocenters. The van der Waals surface area contributed by atoms with Gasteiger partial charge < -0.3 is 5.32 Å². The fraction of sp³-hybridized carbons (Fsp3) is 0.462. The third-order valence-corrected chi connectivity index (χ3v) is 2.50. The smallest absolute Gasteiger partial charge is 0.179 e. The van der Waals surface area contributed by atoms with Crippen molar-refractivity contribution in [3.8, 4) is 0 Å². The van der Waals surface area contributed by atoms with E-state index in [0.29, 0.717) is 5.56 Å². The number of benzene rings is 1. The van der Waals surface area contributed by atoms with Crippen LogP contribution in [0.1, 0.15) is 31.1 Å². The highest BCUT2D eigenvalue weighted by Crippen LogP contribution is 2.11. The lowest BCUT2D eigenvalue weighted by Gasteiger charge is -2.20. The summed E-state index contributed by atoms with van der Waals surface area (Å²) in [5.41, 5.74) is 0.557. The third-order valence-electron chi connectivity index (χ3n) is 2.50. The van der Waals surface area contributed by atoms with Crippen molar-refractivity contribution < 1.29 is 9.18 Å². The molecule has 0 aliphatic heterocycles. The molecule has 0 bridgehead atoms. The molecule has 0 saturated heterocycles. The molecule has 88 valence electrons. The van der Waals surface area contributed by atoms with Crippen molar-refractivity contribution in [2.24, 2.45) is 5.92 Å². The second-order valence-corrected chi connectivity index (χ2v) is 4.15. The van der Waals surface area contributed by atoms with E-state index in [4.69, 9.17) is 0 Å². The number of hydrogen-bond acceptors (Lipinski definition) is 2. The fourth-order valence-electron chi connectivity index (χ4n) is 1.64. The second kappa shape index (κ2) is 5.75. The van der Waals surface area contributed by atoms with Gasteiger partial charge in [0.05, 0.1) is 6.04 Å². The van der Waals surface area contributed by atoms with Crippen LogP contribution in [0.15, 0.2) is 24.3 Å². The van der Waals surface area contributed by atoms with Gasteiger partial charge in [-0.05, 0) is 36.7 Å². The Bertz CT molecular complexity index is 345. The average Bonchev–Trinajstić information content (AvgIpc) is 2.25. The number of likely N-dealkylation sites (N-methyl/N-ethyl adjacent to an activating group) is 1. The minimum Gasteiger partial charge on any atom is -0.307 e. The fourth-order valence-corrected chi connectivity index (χ4v) is 1.64. The van der Waals surface area contributed by atoms with Gasteiger partial charge in [-0.25, -0.2) is 4.39 Å². The van der Waals surface area contributed by atoms with E-state index in [0.717, 1.165) is 6.54 Å². The van der Waals surface area contributed by atoms with Crippen molar-refractivity contribution in [1.29, 1.82) is 0 Å². The predicted molar refractivity (Wildman–Crippen MR) is 63.0 cm³/mol. The highest BCUT2D eigenvalue weighted by molar-refractivity contribution is 6.00. The van der Waals surface area contributed by atoms with Crippen LogP contribution in [0.2, 0.25) is 0 Å². The molecule has 1 N–H and O–H groups in total. The van der Waals surface area contributed by atoms with Gasteiger partial charge >= 0.3 is 0 Å². The molecule has 0 saturated carbocycles. The number of nitrogens with one attached hydrogen (secondary N) is 1. The second-order valence-electron chi connectivity index (χ2n) is 4.15. The van der Waals surface area contributed by atoms with Crippen molar-refractivity contribution in [3.63, 3.8) is 0 Å². The lowest BCUT2D eigenvalue weighted by molar-refractivity contribution is 0.0918. The van der Waals surface area contributed by atoms with Crippen LogP contribution in [0.3, 0.4) is 0 Å². The van der Waals surface area contributed by atoms with E-state index < -0.39 is 0 Å². The van der Waals surface area contributed by atoms with Crippen molar-refractivity contribution in [2.75, 3.05) is 6.54 Å². The molecule has 2 nitrogen and oxygen atoms in total. The zero-order valence-corrected chi connectivity index (χ0v) is 9.96. The molecule has 3 heteroatoms. The molecule has 1 aromatic rings. The highest BCUT2D eigenvalue weighted by atomic mass is 19.1. The first-order chi connectivity index (χ1) is 7.56. The van der Waals surface area contributed by atoms with Crippen LogP contribution in [0.5, 0.6) is 0 Å². The summed E-state index contributed by atoms with van der Waals surface area (Å²) in [4.78, 5) is 12.1. The first-order valence-electron chi connectivity index (χ1n) is 5.59. The number of ketones is 1. The van der Waals surface area contributed by atoms with Gasteiger partial charge in [0, 0.05) is 5.56 Å². The number of hydrogen-bond donors (Lipinski definition) is 1. The minimum atomic E-state index is -0.318. The molecule has 0 fully saturated rings. The Morgan fingerprint density at radius 2 is 1.88 bits per heavy atom. The van der Waals surface area contributed by atoms with E-state index in [2.05, 4.69) is 5.32 Å². The van der Waals surface area contributed by atoms with Gasteiger partial charge in [-0.1, -0.05) is 20.8 Å². The standard InChI is InChI=1S/C13H18FNO/c1-4-15-12(9(2)3)13(16)10-5-7-11(14)8-6-10/h5-9,12,15H,4H2,1-3H3. The Hall–Kier alpha value is -1.22. The Kier molecular flexibility index (Phi) is 4.62. The van der Waals surface area contributed by atoms with Gasteiger partial charge in [-0.3, -0.25) is 4.79 Å². The van der Waals surface area contributed by atoms with Crippen LogP contribution < -0.4 is 5.32 Å². The summed E-state index contributed by atoms with van der Waals surface area (Å²) in [7, 11) is 0. The van der Waals surface area contributed by atoms with E-state index in [1.54, 1.807) is 0 Å². The zero-order chi connectivity index (χ0) is 12.1. The summed E-state index contributed by atoms with van der Waals surface area (Å²) in [6.45, 7) is 6.70. The topological polar surface area (TPSA) is 29.1 Å². The van der Waals surface area contributed by atoms with Crippen molar-refractivity contribution >= 4 is 5.78 Å². The van der Waals surface area contributed by atoms with Gasteiger partial charge in [0.15, 0.2) is 5.78 Å². The summed E-state index contributed by atoms with van der Waals surface area (Å²) in [5.74, 6) is -0.0737. The molecule has 0 spiro atoms. The van der Waals surface area contributed by atoms with Crippen LogP contribution in [0.25, 0.3) is 0 Å². The van der Waals surface area contributed by atoms with Crippen LogP contribution in [-0.4, -0.2) is 18.4 Å². The Labute approximate surface area is 95.9 Å². The van der Waals surface area contributed by atoms with Crippen LogP contribution >= 0.6 is 0 Å². The van der Waals surface area contributed by atoms with Crippen molar-refractivity contribution in [2.45, 2.75) is 26.8 Å². The van der Waals surface area contributed by atoms with Gasteiger partial charge in [0.2, 0.25) is 0 Å². The quantitative estimate of drug-likeness (QED) is 0.777. The van der Waals surface area contributed by atoms with Crippen molar-refractivity contribution in [1.82, 2.24) is 5.32 Å². The Morgan fingerprint density at radius 1 is 1.31 bits per heavy atom. The van der Waals surface area contributed by atoms with Gasteiger partial charge in [-0.2, -0.15) is 0 Å². The number of carbonyl (C=O) groups excluding carboxylic acids is 1. The number of Topliss-reactive ketones (excluding diaryl/α,β-unsaturated/α-hetero) is 1. The Morgan fingerprint density at radius 3 is 2.31 bits per heavy atom. The van der Waals surface area contributed by atoms with E-state index >= 15 is 0 Å². The van der Waals surface area contributed by atoms with E-state index in [9.17, 15) is 9.18 Å². The monoisotopic (exact) mass is 223 g/mol. The van der Waals surface area contributed by atoms with E-state index in [1.165, 1.54) is 24.3 Å². The molecule has 1 rings (SSSR count). The Balaban J connectivity index is 2.86. The maximum Gasteiger partial charge on any atom is 0.179 e. The molecule has 0 aromatic heterocycles. The highest BCUT2D eigenvalue weighted by Gasteiger charge is 2.21. The summed E-state index contributed by atoms with van der Waals surface area (Å²) in [6, 6.07) is 5.50. The molecular weight excluding hydrogens is 205 g/mol. The molecule has 0 aliphatic rings. The van der Waals surface area contributed by atoms with E-state index in [-0.39, 0.29) is 23.6 Å². The van der Waals surface area contributed by atoms with Gasteiger partial charge in [0.1, 0.15) is 5.82 Å². The van der Waals surface area contributed by atoms with Crippen molar-refractivity contribution in [3.05, 3.63) is 35.6 Å². The van der Waals surface area contributed by atoms with Gasteiger partial charge in [-0.15, -0.1) is 0 Å². The predicted octanol–water partition coefficient (Wildman–Crippen LogP) is 2.64. The summed E-state index contributed by atoms with van der Waals surface area (Å²) in [6.07, 6.45) is 0. The summed E-state index contributed by atoms with van der Waals surface area (Å²) < 4.78 is 12.7. The maximum absolute atomic E-state index is 12.7. The number of carbonyl (C=O) groups is 1. The lowest BCUT2D eigenvalue weighted by atomic mass is 9.95. The first-order valence-corrected chi connectivity index (χ1v) is 5.59. The maximum atomic E-state index is 12.7. The molecule has 16 heavy (non-hydrogen) atoms. The molecule has 0 heterocycles. The SMILES string of the molecule is CCNC(C(=O)c1ccc(F)cc1)C(C)C. The average molecular weight is 223 g/mol.